The van der Waals surface area contributed by atoms with E-state index in [1.54, 1.807) is 5.32 Å². The number of carbonyl (C=O) groups is 2. The number of amides is 2. The van der Waals surface area contributed by atoms with Gasteiger partial charge in [-0.3, -0.25) is 9.59 Å². The smallest absolute Gasteiger partial charge is 0.462 e. The predicted molar refractivity (Wildman–Crippen MR) is 86.7 cm³/mol. The molecule has 2 amide bonds. The molecule has 2 aliphatic rings. The quantitative estimate of drug-likeness (QED) is 0.779. The zero-order chi connectivity index (χ0) is 18.5. The molecule has 0 spiro atoms. The molecule has 26 heavy (non-hydrogen) atoms. The number of halogens is 3. The molecule has 0 saturated carbocycles. The van der Waals surface area contributed by atoms with Gasteiger partial charge in [0.2, 0.25) is 0 Å². The van der Waals surface area contributed by atoms with Gasteiger partial charge < -0.3 is 20.4 Å². The molecular weight excluding hydrogens is 351 g/mol. The van der Waals surface area contributed by atoms with Crippen molar-refractivity contribution in [2.24, 2.45) is 0 Å². The Balaban J connectivity index is 1.54. The second-order valence-electron chi connectivity index (χ2n) is 6.68. The van der Waals surface area contributed by atoms with Gasteiger partial charge in [-0.25, -0.2) is 0 Å². The first-order chi connectivity index (χ1) is 12.3. The molecule has 138 valence electrons. The van der Waals surface area contributed by atoms with Crippen LogP contribution in [0.1, 0.15) is 29.6 Å². The van der Waals surface area contributed by atoms with Gasteiger partial charge in [0.25, 0.3) is 5.91 Å². The number of hydrogen-bond donors (Lipinski definition) is 3. The second kappa shape index (κ2) is 6.01. The highest BCUT2D eigenvalue weighted by atomic mass is 19.4. The summed E-state index contributed by atoms with van der Waals surface area (Å²) in [6.45, 7) is 0. The summed E-state index contributed by atoms with van der Waals surface area (Å²) in [4.78, 5) is 23.6. The van der Waals surface area contributed by atoms with Gasteiger partial charge in [-0.2, -0.15) is 13.2 Å². The van der Waals surface area contributed by atoms with Crippen LogP contribution in [-0.4, -0.2) is 36.1 Å². The molecule has 9 heteroatoms. The maximum Gasteiger partial charge on any atom is 0.471 e. The van der Waals surface area contributed by atoms with Crippen molar-refractivity contribution in [3.05, 3.63) is 30.0 Å². The van der Waals surface area contributed by atoms with Crippen LogP contribution in [0.5, 0.6) is 0 Å². The number of anilines is 1. The van der Waals surface area contributed by atoms with Crippen LogP contribution in [0.2, 0.25) is 0 Å². The molecule has 1 aromatic carbocycles. The predicted octanol–water partition coefficient (Wildman–Crippen LogP) is 2.56. The Hall–Kier alpha value is -2.55. The highest BCUT2D eigenvalue weighted by molar-refractivity contribution is 6.05. The van der Waals surface area contributed by atoms with E-state index >= 15 is 0 Å². The number of nitrogens with one attached hydrogen (secondary N) is 3. The molecule has 1 aromatic heterocycles. The first-order valence-electron chi connectivity index (χ1n) is 8.27. The average molecular weight is 367 g/mol. The van der Waals surface area contributed by atoms with Crippen molar-refractivity contribution in [1.29, 1.82) is 0 Å². The largest absolute Gasteiger partial charge is 0.471 e. The number of benzene rings is 1. The molecule has 2 bridgehead atoms. The van der Waals surface area contributed by atoms with Gasteiger partial charge in [0.05, 0.1) is 5.69 Å². The molecule has 2 saturated heterocycles. The van der Waals surface area contributed by atoms with Gasteiger partial charge in [0.15, 0.2) is 0 Å². The van der Waals surface area contributed by atoms with Crippen LogP contribution in [0.4, 0.5) is 18.9 Å². The minimum atomic E-state index is -5.01. The van der Waals surface area contributed by atoms with E-state index in [-0.39, 0.29) is 34.6 Å². The molecule has 0 radical (unpaired) electrons. The van der Waals surface area contributed by atoms with E-state index in [1.807, 2.05) is 0 Å². The standard InChI is InChI=1S/C17H16F3N3O3/c18-17(19,20)16(25)23-13-7-26-14-4-1-8(5-10(13)14)15(24)22-12-6-9-2-3-11(12)21-9/h1,4-5,7,9,11-12,21H,2-3,6H2,(H,22,24)(H,23,25)/t9-,11+,12-/m1/s1. The van der Waals surface area contributed by atoms with E-state index in [4.69, 9.17) is 4.42 Å². The lowest BCUT2D eigenvalue weighted by atomic mass is 9.95. The van der Waals surface area contributed by atoms with Crippen LogP contribution in [-0.2, 0) is 4.79 Å². The zero-order valence-corrected chi connectivity index (χ0v) is 13.5. The van der Waals surface area contributed by atoms with Crippen LogP contribution in [0, 0.1) is 0 Å². The molecule has 2 aromatic rings. The van der Waals surface area contributed by atoms with E-state index in [2.05, 4.69) is 10.6 Å². The Kier molecular flexibility index (Phi) is 3.91. The van der Waals surface area contributed by atoms with Crippen LogP contribution >= 0.6 is 0 Å². The van der Waals surface area contributed by atoms with Crippen LogP contribution in [0.25, 0.3) is 11.0 Å². The third-order valence-electron chi connectivity index (χ3n) is 4.96. The summed E-state index contributed by atoms with van der Waals surface area (Å²) in [6.07, 6.45) is -0.981. The van der Waals surface area contributed by atoms with E-state index in [9.17, 15) is 22.8 Å². The Morgan fingerprint density at radius 1 is 1.23 bits per heavy atom. The van der Waals surface area contributed by atoms with Gasteiger partial charge in [0, 0.05) is 29.1 Å². The van der Waals surface area contributed by atoms with Gasteiger partial charge in [-0.05, 0) is 37.5 Å². The van der Waals surface area contributed by atoms with Crippen molar-refractivity contribution in [2.45, 2.75) is 43.6 Å². The SMILES string of the molecule is O=C(N[C@@H]1C[C@H]2CC[C@@H]1N2)c1ccc2occ(NC(=O)C(F)(F)F)c2c1. The van der Waals surface area contributed by atoms with Crippen LogP contribution in [0.15, 0.2) is 28.9 Å². The van der Waals surface area contributed by atoms with Crippen LogP contribution < -0.4 is 16.0 Å². The number of carbonyl (C=O) groups excluding carboxylic acids is 2. The molecule has 4 rings (SSSR count). The molecule has 0 aliphatic carbocycles. The minimum absolute atomic E-state index is 0.0469. The number of alkyl halides is 3. The Labute approximate surface area is 146 Å². The van der Waals surface area contributed by atoms with Crippen molar-refractivity contribution in [3.63, 3.8) is 0 Å². The second-order valence-corrected chi connectivity index (χ2v) is 6.68. The van der Waals surface area contributed by atoms with Crippen molar-refractivity contribution < 1.29 is 27.2 Å². The molecular formula is C17H16F3N3O3. The van der Waals surface area contributed by atoms with Crippen molar-refractivity contribution >= 4 is 28.5 Å². The monoisotopic (exact) mass is 367 g/mol. The van der Waals surface area contributed by atoms with Crippen molar-refractivity contribution in [2.75, 3.05) is 5.32 Å². The number of rotatable bonds is 3. The lowest BCUT2D eigenvalue weighted by Gasteiger charge is -2.21. The minimum Gasteiger partial charge on any atom is -0.462 e. The van der Waals surface area contributed by atoms with Crippen molar-refractivity contribution in [3.8, 4) is 0 Å². The molecule has 3 N–H and O–H groups in total. The summed E-state index contributed by atoms with van der Waals surface area (Å²) in [5.74, 6) is -2.40. The fourth-order valence-electron chi connectivity index (χ4n) is 3.70. The molecule has 6 nitrogen and oxygen atoms in total. The fourth-order valence-corrected chi connectivity index (χ4v) is 3.70. The van der Waals surface area contributed by atoms with Gasteiger partial charge in [0.1, 0.15) is 11.8 Å². The lowest BCUT2D eigenvalue weighted by Crippen LogP contribution is -2.42. The van der Waals surface area contributed by atoms with Gasteiger partial charge in [-0.15, -0.1) is 0 Å². The maximum absolute atomic E-state index is 12.5. The zero-order valence-electron chi connectivity index (χ0n) is 13.5. The number of furan rings is 1. The van der Waals surface area contributed by atoms with E-state index < -0.39 is 12.1 Å². The van der Waals surface area contributed by atoms with Gasteiger partial charge in [-0.1, -0.05) is 0 Å². The Bertz CT molecular complexity index is 877. The molecule has 2 fully saturated rings. The first kappa shape index (κ1) is 16.9. The molecule has 2 aliphatic heterocycles. The summed E-state index contributed by atoms with van der Waals surface area (Å²) in [5, 5.41) is 8.39. The van der Waals surface area contributed by atoms with Gasteiger partial charge >= 0.3 is 12.1 Å². The summed E-state index contributed by atoms with van der Waals surface area (Å²) >= 11 is 0. The maximum atomic E-state index is 12.5. The Morgan fingerprint density at radius 2 is 2.04 bits per heavy atom. The first-order valence-corrected chi connectivity index (χ1v) is 8.27. The number of fused-ring (bicyclic) bond motifs is 3. The highest BCUT2D eigenvalue weighted by Crippen LogP contribution is 2.30. The highest BCUT2D eigenvalue weighted by Gasteiger charge is 2.40. The summed E-state index contributed by atoms with van der Waals surface area (Å²) in [6, 6.07) is 5.20. The average Bonchev–Trinajstić information content (AvgIpc) is 3.29. The van der Waals surface area contributed by atoms with Crippen molar-refractivity contribution in [1.82, 2.24) is 10.6 Å². The molecule has 3 heterocycles. The summed E-state index contributed by atoms with van der Waals surface area (Å²) in [5.41, 5.74) is 0.448. The lowest BCUT2D eigenvalue weighted by molar-refractivity contribution is -0.167. The molecule has 3 atom stereocenters. The van der Waals surface area contributed by atoms with E-state index in [0.717, 1.165) is 25.5 Å². The fraction of sp³-hybridized carbons (Fsp3) is 0.412. The summed E-state index contributed by atoms with van der Waals surface area (Å²) < 4.78 is 42.5. The summed E-state index contributed by atoms with van der Waals surface area (Å²) in [7, 11) is 0. The normalized spacial score (nSPS) is 24.8. The molecule has 0 unspecified atom stereocenters. The Morgan fingerprint density at radius 3 is 2.69 bits per heavy atom. The topological polar surface area (TPSA) is 83.4 Å². The third kappa shape index (κ3) is 3.03. The number of hydrogen-bond acceptors (Lipinski definition) is 4. The van der Waals surface area contributed by atoms with Crippen LogP contribution in [0.3, 0.4) is 0 Å². The van der Waals surface area contributed by atoms with E-state index in [0.29, 0.717) is 11.6 Å². The van der Waals surface area contributed by atoms with E-state index in [1.165, 1.54) is 18.2 Å². The third-order valence-corrected chi connectivity index (χ3v) is 4.96.